The van der Waals surface area contributed by atoms with Gasteiger partial charge in [0.2, 0.25) is 0 Å². The first kappa shape index (κ1) is 22.5. The summed E-state index contributed by atoms with van der Waals surface area (Å²) in [6.07, 6.45) is 0.0137. The number of nitrogens with zero attached hydrogens (tertiary/aromatic N) is 1. The van der Waals surface area contributed by atoms with Crippen LogP contribution in [0.3, 0.4) is 0 Å². The number of hydrogen-bond acceptors (Lipinski definition) is 3. The zero-order chi connectivity index (χ0) is 23.5. The Kier molecular flexibility index (Phi) is 6.43. The first-order valence-electron chi connectivity index (χ1n) is 10.6. The highest BCUT2D eigenvalue weighted by atomic mass is 35.5. The van der Waals surface area contributed by atoms with Crippen molar-refractivity contribution in [2.45, 2.75) is 12.8 Å². The van der Waals surface area contributed by atoms with Gasteiger partial charge in [-0.1, -0.05) is 72.8 Å². The predicted molar refractivity (Wildman–Crippen MR) is 128 cm³/mol. The van der Waals surface area contributed by atoms with Gasteiger partial charge in [0.25, 0.3) is 5.91 Å². The molecule has 0 spiro atoms. The SMILES string of the molecule is C=C1c2ccccc2C(=O)N1CCC(CC(=O)c1ccc(-c2ccc(Cl)cc2)cc1)C(=O)O. The van der Waals surface area contributed by atoms with Crippen molar-refractivity contribution < 1.29 is 19.5 Å². The topological polar surface area (TPSA) is 74.7 Å². The van der Waals surface area contributed by atoms with Crippen LogP contribution >= 0.6 is 11.6 Å². The fourth-order valence-corrected chi connectivity index (χ4v) is 4.13. The van der Waals surface area contributed by atoms with Gasteiger partial charge in [0.1, 0.15) is 0 Å². The third-order valence-electron chi connectivity index (χ3n) is 5.91. The Morgan fingerprint density at radius 2 is 1.48 bits per heavy atom. The number of fused-ring (bicyclic) bond motifs is 1. The van der Waals surface area contributed by atoms with Crippen LogP contribution in [0.15, 0.2) is 79.4 Å². The lowest BCUT2D eigenvalue weighted by Gasteiger charge is -2.20. The monoisotopic (exact) mass is 459 g/mol. The number of Topliss-reactive ketones (excluding diaryl/α,β-unsaturated/α-hetero) is 1. The number of carboxylic acids is 1. The van der Waals surface area contributed by atoms with Gasteiger partial charge in [-0.15, -0.1) is 0 Å². The van der Waals surface area contributed by atoms with E-state index in [0.717, 1.165) is 16.7 Å². The molecule has 1 aliphatic rings. The third kappa shape index (κ3) is 4.73. The highest BCUT2D eigenvalue weighted by Gasteiger charge is 2.32. The van der Waals surface area contributed by atoms with E-state index in [9.17, 15) is 19.5 Å². The largest absolute Gasteiger partial charge is 0.481 e. The predicted octanol–water partition coefficient (Wildman–Crippen LogP) is 5.80. The molecular weight excluding hydrogens is 438 g/mol. The number of amides is 1. The molecule has 1 atom stereocenters. The molecule has 1 unspecified atom stereocenters. The maximum atomic E-state index is 12.8. The molecular formula is C27H22ClNO4. The van der Waals surface area contributed by atoms with Crippen LogP contribution in [0.5, 0.6) is 0 Å². The maximum Gasteiger partial charge on any atom is 0.307 e. The quantitative estimate of drug-likeness (QED) is 0.432. The fraction of sp³-hybridized carbons (Fsp3) is 0.148. The van der Waals surface area contributed by atoms with E-state index >= 15 is 0 Å². The van der Waals surface area contributed by atoms with Gasteiger partial charge in [0.15, 0.2) is 5.78 Å². The lowest BCUT2D eigenvalue weighted by Crippen LogP contribution is -2.28. The van der Waals surface area contributed by atoms with Crippen molar-refractivity contribution in [2.75, 3.05) is 6.54 Å². The number of aliphatic carboxylic acids is 1. The van der Waals surface area contributed by atoms with E-state index in [1.807, 2.05) is 36.4 Å². The van der Waals surface area contributed by atoms with E-state index in [1.165, 1.54) is 4.90 Å². The molecule has 1 N–H and O–H groups in total. The minimum atomic E-state index is -1.06. The molecule has 6 heteroatoms. The fourth-order valence-electron chi connectivity index (χ4n) is 4.00. The van der Waals surface area contributed by atoms with Crippen molar-refractivity contribution in [1.82, 2.24) is 4.90 Å². The van der Waals surface area contributed by atoms with Gasteiger partial charge in [0, 0.05) is 40.4 Å². The van der Waals surface area contributed by atoms with E-state index < -0.39 is 11.9 Å². The molecule has 1 aliphatic heterocycles. The molecule has 33 heavy (non-hydrogen) atoms. The van der Waals surface area contributed by atoms with Crippen LogP contribution in [-0.4, -0.2) is 34.2 Å². The van der Waals surface area contributed by atoms with E-state index in [1.54, 1.807) is 36.4 Å². The summed E-state index contributed by atoms with van der Waals surface area (Å²) in [5.41, 5.74) is 4.23. The molecule has 1 amide bonds. The Hall–Kier alpha value is -3.70. The van der Waals surface area contributed by atoms with Gasteiger partial charge in [-0.2, -0.15) is 0 Å². The Labute approximate surface area is 196 Å². The second-order valence-electron chi connectivity index (χ2n) is 7.98. The third-order valence-corrected chi connectivity index (χ3v) is 6.16. The summed E-state index contributed by atoms with van der Waals surface area (Å²) in [7, 11) is 0. The van der Waals surface area contributed by atoms with Crippen LogP contribution in [0.4, 0.5) is 0 Å². The summed E-state index contributed by atoms with van der Waals surface area (Å²) in [4.78, 5) is 38.7. The average Bonchev–Trinajstić information content (AvgIpc) is 3.07. The lowest BCUT2D eigenvalue weighted by atomic mass is 9.94. The van der Waals surface area contributed by atoms with Gasteiger partial charge in [-0.3, -0.25) is 14.4 Å². The van der Waals surface area contributed by atoms with Crippen molar-refractivity contribution in [3.8, 4) is 11.1 Å². The summed E-state index contributed by atoms with van der Waals surface area (Å²) in [6.45, 7) is 4.17. The van der Waals surface area contributed by atoms with Gasteiger partial charge in [-0.05, 0) is 35.7 Å². The number of hydrogen-bond donors (Lipinski definition) is 1. The van der Waals surface area contributed by atoms with Crippen molar-refractivity contribution in [1.29, 1.82) is 0 Å². The van der Waals surface area contributed by atoms with E-state index in [-0.39, 0.29) is 31.1 Å². The summed E-state index contributed by atoms with van der Waals surface area (Å²) in [6, 6.07) is 21.6. The van der Waals surface area contributed by atoms with E-state index in [4.69, 9.17) is 11.6 Å². The molecule has 166 valence electrons. The molecule has 0 saturated carbocycles. The first-order valence-corrected chi connectivity index (χ1v) is 10.9. The molecule has 3 aromatic carbocycles. The van der Waals surface area contributed by atoms with Crippen LogP contribution < -0.4 is 0 Å². The second kappa shape index (κ2) is 9.43. The molecule has 0 saturated heterocycles. The van der Waals surface area contributed by atoms with Gasteiger partial charge in [-0.25, -0.2) is 0 Å². The molecule has 0 aliphatic carbocycles. The van der Waals surface area contributed by atoms with Crippen LogP contribution in [-0.2, 0) is 4.79 Å². The standard InChI is InChI=1S/C27H22ClNO4/c1-17-23-4-2-3-5-24(23)26(31)29(17)15-14-21(27(32)33)16-25(30)20-8-6-18(7-9-20)19-10-12-22(28)13-11-19/h2-13,21H,1,14-16H2,(H,32,33). The van der Waals surface area contributed by atoms with E-state index in [0.29, 0.717) is 21.8 Å². The number of rotatable bonds is 8. The van der Waals surface area contributed by atoms with Crippen LogP contribution in [0, 0.1) is 5.92 Å². The molecule has 5 nitrogen and oxygen atoms in total. The molecule has 0 aromatic heterocycles. The van der Waals surface area contributed by atoms with Crippen molar-refractivity contribution in [3.63, 3.8) is 0 Å². The number of ketones is 1. The average molecular weight is 460 g/mol. The maximum absolute atomic E-state index is 12.8. The van der Waals surface area contributed by atoms with Crippen LogP contribution in [0.25, 0.3) is 16.8 Å². The van der Waals surface area contributed by atoms with Crippen LogP contribution in [0.1, 0.15) is 39.1 Å². The smallest absolute Gasteiger partial charge is 0.307 e. The number of carbonyl (C=O) groups is 3. The lowest BCUT2D eigenvalue weighted by molar-refractivity contribution is -0.141. The summed E-state index contributed by atoms with van der Waals surface area (Å²) >= 11 is 5.93. The molecule has 3 aromatic rings. The van der Waals surface area contributed by atoms with Gasteiger partial charge in [0.05, 0.1) is 5.92 Å². The van der Waals surface area contributed by atoms with Crippen molar-refractivity contribution >= 4 is 35.0 Å². The van der Waals surface area contributed by atoms with Crippen molar-refractivity contribution in [3.05, 3.63) is 101 Å². The molecule has 0 bridgehead atoms. The van der Waals surface area contributed by atoms with Crippen molar-refractivity contribution in [2.24, 2.45) is 5.92 Å². The molecule has 4 rings (SSSR count). The minimum Gasteiger partial charge on any atom is -0.481 e. The Balaban J connectivity index is 1.40. The van der Waals surface area contributed by atoms with Gasteiger partial charge >= 0.3 is 5.97 Å². The molecule has 0 fully saturated rings. The molecule has 0 radical (unpaired) electrons. The van der Waals surface area contributed by atoms with Crippen LogP contribution in [0.2, 0.25) is 5.02 Å². The Morgan fingerprint density at radius 1 is 0.909 bits per heavy atom. The highest BCUT2D eigenvalue weighted by Crippen LogP contribution is 2.32. The normalized spacial score (nSPS) is 13.7. The zero-order valence-corrected chi connectivity index (χ0v) is 18.6. The zero-order valence-electron chi connectivity index (χ0n) is 17.8. The first-order chi connectivity index (χ1) is 15.8. The number of benzene rings is 3. The Morgan fingerprint density at radius 3 is 2.06 bits per heavy atom. The number of carboxylic acid groups (broad SMARTS) is 1. The Bertz CT molecular complexity index is 1200. The second-order valence-corrected chi connectivity index (χ2v) is 8.42. The number of carbonyl (C=O) groups excluding carboxylic acids is 2. The minimum absolute atomic E-state index is 0.142. The summed E-state index contributed by atoms with van der Waals surface area (Å²) in [5, 5.41) is 10.3. The van der Waals surface area contributed by atoms with E-state index in [2.05, 4.69) is 6.58 Å². The van der Waals surface area contributed by atoms with Gasteiger partial charge < -0.3 is 10.0 Å². The number of halogens is 1. The summed E-state index contributed by atoms with van der Waals surface area (Å²) < 4.78 is 0. The molecule has 1 heterocycles. The summed E-state index contributed by atoms with van der Waals surface area (Å²) in [5.74, 6) is -2.41. The highest BCUT2D eigenvalue weighted by molar-refractivity contribution is 6.30.